The van der Waals surface area contributed by atoms with Crippen LogP contribution in [-0.4, -0.2) is 53.6 Å². The molecule has 2 aromatic carbocycles. The number of aliphatic carboxylic acids is 1. The van der Waals surface area contributed by atoms with Gasteiger partial charge in [0, 0.05) is 23.6 Å². The molecule has 0 bridgehead atoms. The fourth-order valence-corrected chi connectivity index (χ4v) is 5.25. The molecule has 2 atom stereocenters. The monoisotopic (exact) mass is 546 g/mol. The SMILES string of the molecule is O=C[C@H](CC(=O)O)NC(=O)C(CCCCNS(=O)(=O)c1cccc(-c2nsc(=O)[nH]2)c1)c1ccccc1. The molecule has 13 heteroatoms. The fourth-order valence-electron chi connectivity index (χ4n) is 3.67. The normalized spacial score (nSPS) is 13.0. The summed E-state index contributed by atoms with van der Waals surface area (Å²) in [6, 6.07) is 13.8. The zero-order valence-electron chi connectivity index (χ0n) is 19.6. The number of unbranched alkanes of at least 4 members (excludes halogenated alkanes) is 1. The van der Waals surface area contributed by atoms with Crippen molar-refractivity contribution >= 4 is 39.7 Å². The molecule has 196 valence electrons. The molecular formula is C24H26N4O7S2. The molecular weight excluding hydrogens is 520 g/mol. The maximum absolute atomic E-state index is 12.9. The van der Waals surface area contributed by atoms with Gasteiger partial charge in [0.15, 0.2) is 5.82 Å². The Balaban J connectivity index is 1.58. The van der Waals surface area contributed by atoms with Gasteiger partial charge >= 0.3 is 10.8 Å². The first-order valence-electron chi connectivity index (χ1n) is 11.4. The molecule has 0 aliphatic heterocycles. The topological polar surface area (TPSA) is 175 Å². The van der Waals surface area contributed by atoms with Crippen molar-refractivity contribution in [3.05, 3.63) is 69.8 Å². The average molecular weight is 547 g/mol. The summed E-state index contributed by atoms with van der Waals surface area (Å²) in [5, 5.41) is 11.4. The highest BCUT2D eigenvalue weighted by atomic mass is 32.2. The van der Waals surface area contributed by atoms with Gasteiger partial charge in [-0.15, -0.1) is 0 Å². The summed E-state index contributed by atoms with van der Waals surface area (Å²) in [6.45, 7) is 0.124. The Hall–Kier alpha value is -3.68. The van der Waals surface area contributed by atoms with Crippen molar-refractivity contribution in [1.29, 1.82) is 0 Å². The largest absolute Gasteiger partial charge is 0.481 e. The Kier molecular flexibility index (Phi) is 9.83. The van der Waals surface area contributed by atoms with Crippen LogP contribution in [0, 0.1) is 0 Å². The van der Waals surface area contributed by atoms with Crippen molar-refractivity contribution in [2.45, 2.75) is 42.5 Å². The van der Waals surface area contributed by atoms with E-state index < -0.39 is 40.3 Å². The van der Waals surface area contributed by atoms with Crippen LogP contribution in [0.3, 0.4) is 0 Å². The second-order valence-electron chi connectivity index (χ2n) is 8.18. The molecule has 0 fully saturated rings. The number of carboxylic acids is 1. The molecule has 0 aliphatic rings. The van der Waals surface area contributed by atoms with Crippen LogP contribution in [-0.2, 0) is 24.4 Å². The van der Waals surface area contributed by atoms with E-state index >= 15 is 0 Å². The van der Waals surface area contributed by atoms with Gasteiger partial charge < -0.3 is 15.2 Å². The quantitative estimate of drug-likeness (QED) is 0.175. The van der Waals surface area contributed by atoms with Crippen molar-refractivity contribution in [3.63, 3.8) is 0 Å². The minimum absolute atomic E-state index is 0.0266. The number of benzene rings is 2. The van der Waals surface area contributed by atoms with Crippen LogP contribution in [0.1, 0.15) is 37.2 Å². The number of nitrogens with one attached hydrogen (secondary N) is 3. The lowest BCUT2D eigenvalue weighted by Crippen LogP contribution is -2.40. The highest BCUT2D eigenvalue weighted by Crippen LogP contribution is 2.23. The third-order valence-electron chi connectivity index (χ3n) is 5.47. The predicted octanol–water partition coefficient (Wildman–Crippen LogP) is 1.89. The van der Waals surface area contributed by atoms with Crippen molar-refractivity contribution < 1.29 is 27.9 Å². The van der Waals surface area contributed by atoms with Gasteiger partial charge in [-0.1, -0.05) is 48.9 Å². The first-order valence-corrected chi connectivity index (χ1v) is 13.6. The van der Waals surface area contributed by atoms with Gasteiger partial charge in [-0.25, -0.2) is 13.1 Å². The summed E-state index contributed by atoms with van der Waals surface area (Å²) >= 11 is 0.743. The Bertz CT molecular complexity index is 1390. The number of H-pyrrole nitrogens is 1. The number of aromatic nitrogens is 2. The molecule has 1 amide bonds. The Morgan fingerprint density at radius 1 is 1.11 bits per heavy atom. The van der Waals surface area contributed by atoms with E-state index in [4.69, 9.17) is 5.11 Å². The van der Waals surface area contributed by atoms with Crippen LogP contribution >= 0.6 is 11.5 Å². The van der Waals surface area contributed by atoms with Gasteiger partial charge in [0.2, 0.25) is 15.9 Å². The lowest BCUT2D eigenvalue weighted by atomic mass is 9.92. The highest BCUT2D eigenvalue weighted by Gasteiger charge is 2.24. The maximum Gasteiger partial charge on any atom is 0.323 e. The summed E-state index contributed by atoms with van der Waals surface area (Å²) in [7, 11) is -3.82. The van der Waals surface area contributed by atoms with Crippen LogP contribution < -0.4 is 14.9 Å². The van der Waals surface area contributed by atoms with E-state index in [1.54, 1.807) is 42.5 Å². The molecule has 1 heterocycles. The number of rotatable bonds is 14. The van der Waals surface area contributed by atoms with E-state index in [0.29, 0.717) is 36.7 Å². The van der Waals surface area contributed by atoms with Crippen molar-refractivity contribution in [1.82, 2.24) is 19.4 Å². The van der Waals surface area contributed by atoms with Crippen LogP contribution in [0.5, 0.6) is 0 Å². The third-order valence-corrected chi connectivity index (χ3v) is 7.48. The van der Waals surface area contributed by atoms with Crippen molar-refractivity contribution in [2.24, 2.45) is 0 Å². The van der Waals surface area contributed by atoms with E-state index in [-0.39, 0.29) is 22.1 Å². The van der Waals surface area contributed by atoms with E-state index in [2.05, 4.69) is 19.4 Å². The standard InChI is InChI=1S/C24H26N4O7S2/c29-15-18(14-21(30)31)26-23(32)20(16-7-2-1-3-8-16)11-4-5-12-25-37(34,35)19-10-6-9-17(13-19)22-27-24(33)36-28-22/h1-3,6-10,13,15,18,20,25H,4-5,11-12,14H2,(H,26,32)(H,30,31)(H,27,28,33)/t18-,20?/m0/s1. The first-order chi connectivity index (χ1) is 17.7. The number of carbonyl (C=O) groups excluding carboxylic acids is 2. The molecule has 1 unspecified atom stereocenters. The Labute approximate surface area is 217 Å². The van der Waals surface area contributed by atoms with Crippen LogP contribution in [0.15, 0.2) is 64.3 Å². The lowest BCUT2D eigenvalue weighted by Gasteiger charge is -2.19. The van der Waals surface area contributed by atoms with Gasteiger partial charge in [0.05, 0.1) is 23.3 Å². The molecule has 11 nitrogen and oxygen atoms in total. The van der Waals surface area contributed by atoms with E-state index in [1.165, 1.54) is 12.1 Å². The average Bonchev–Trinajstić information content (AvgIpc) is 3.32. The van der Waals surface area contributed by atoms with Crippen LogP contribution in [0.2, 0.25) is 0 Å². The molecule has 4 N–H and O–H groups in total. The van der Waals surface area contributed by atoms with Crippen LogP contribution in [0.25, 0.3) is 11.4 Å². The van der Waals surface area contributed by atoms with E-state index in [9.17, 15) is 27.6 Å². The predicted molar refractivity (Wildman–Crippen MR) is 137 cm³/mol. The molecule has 3 aromatic rings. The van der Waals surface area contributed by atoms with Gasteiger partial charge in [0.1, 0.15) is 6.29 Å². The number of amides is 1. The third kappa shape index (κ3) is 8.17. The Morgan fingerprint density at radius 3 is 2.51 bits per heavy atom. The zero-order valence-corrected chi connectivity index (χ0v) is 21.3. The maximum atomic E-state index is 12.9. The summed E-state index contributed by atoms with van der Waals surface area (Å²) in [5.41, 5.74) is 1.17. The molecule has 0 saturated carbocycles. The van der Waals surface area contributed by atoms with Crippen LogP contribution in [0.4, 0.5) is 0 Å². The van der Waals surface area contributed by atoms with E-state index in [1.807, 2.05) is 0 Å². The number of nitrogens with zero attached hydrogens (tertiary/aromatic N) is 1. The second kappa shape index (κ2) is 13.0. The zero-order chi connectivity index (χ0) is 26.8. The number of sulfonamides is 1. The number of aldehydes is 1. The van der Waals surface area contributed by atoms with E-state index in [0.717, 1.165) is 11.5 Å². The highest BCUT2D eigenvalue weighted by molar-refractivity contribution is 7.89. The number of carboxylic acid groups (broad SMARTS) is 1. The van der Waals surface area contributed by atoms with Gasteiger partial charge in [0.25, 0.3) is 0 Å². The Morgan fingerprint density at radius 2 is 1.86 bits per heavy atom. The minimum atomic E-state index is -3.82. The number of carbonyl (C=O) groups is 3. The number of hydrogen-bond acceptors (Lipinski definition) is 8. The molecule has 0 aliphatic carbocycles. The number of hydrogen-bond donors (Lipinski definition) is 4. The van der Waals surface area contributed by atoms with Crippen molar-refractivity contribution in [2.75, 3.05) is 6.54 Å². The fraction of sp³-hybridized carbons (Fsp3) is 0.292. The molecule has 37 heavy (non-hydrogen) atoms. The van der Waals surface area contributed by atoms with Gasteiger partial charge in [-0.2, -0.15) is 4.37 Å². The molecule has 3 rings (SSSR count). The molecule has 0 spiro atoms. The summed E-state index contributed by atoms with van der Waals surface area (Å²) in [6.07, 6.45) is 1.16. The molecule has 1 aromatic heterocycles. The lowest BCUT2D eigenvalue weighted by molar-refractivity contribution is -0.138. The first kappa shape index (κ1) is 27.9. The van der Waals surface area contributed by atoms with Gasteiger partial charge in [-0.3, -0.25) is 19.4 Å². The molecule has 0 radical (unpaired) electrons. The van der Waals surface area contributed by atoms with Gasteiger partial charge in [-0.05, 0) is 30.5 Å². The summed E-state index contributed by atoms with van der Waals surface area (Å²) < 4.78 is 32.0. The smallest absolute Gasteiger partial charge is 0.323 e. The molecule has 0 saturated heterocycles. The summed E-state index contributed by atoms with van der Waals surface area (Å²) in [4.78, 5) is 48.5. The summed E-state index contributed by atoms with van der Waals surface area (Å²) in [5.74, 6) is -2.02. The second-order valence-corrected chi connectivity index (χ2v) is 10.7. The number of aromatic amines is 1. The van der Waals surface area contributed by atoms with Crippen molar-refractivity contribution in [3.8, 4) is 11.4 Å². The minimum Gasteiger partial charge on any atom is -0.481 e.